The average molecular weight is 343 g/mol. The van der Waals surface area contributed by atoms with Crippen molar-refractivity contribution in [3.8, 4) is 0 Å². The molecule has 0 amide bonds. The molecule has 0 fully saturated rings. The van der Waals surface area contributed by atoms with Crippen LogP contribution in [0.2, 0.25) is 0 Å². The van der Waals surface area contributed by atoms with Crippen LogP contribution < -0.4 is 10.8 Å². The monoisotopic (exact) mass is 343 g/mol. The first kappa shape index (κ1) is 19.3. The van der Waals surface area contributed by atoms with Gasteiger partial charge in [-0.3, -0.25) is 0 Å². The van der Waals surface area contributed by atoms with E-state index in [-0.39, 0.29) is 5.75 Å². The molecule has 130 valence electrons. The first-order chi connectivity index (χ1) is 10.9. The Bertz CT molecular complexity index is 619. The number of anilines is 1. The van der Waals surface area contributed by atoms with Crippen LogP contribution in [0.25, 0.3) is 6.08 Å². The Hall–Kier alpha value is -1.71. The van der Waals surface area contributed by atoms with E-state index in [0.717, 1.165) is 0 Å². The quantitative estimate of drug-likeness (QED) is 0.484. The molecule has 1 aromatic rings. The summed E-state index contributed by atoms with van der Waals surface area (Å²) in [7, 11) is -1.49. The van der Waals surface area contributed by atoms with Gasteiger partial charge < -0.3 is 10.2 Å². The molecule has 0 bridgehead atoms. The third-order valence-corrected chi connectivity index (χ3v) is 5.04. The highest BCUT2D eigenvalue weighted by Gasteiger charge is 2.17. The van der Waals surface area contributed by atoms with Gasteiger partial charge in [0.15, 0.2) is 0 Å². The summed E-state index contributed by atoms with van der Waals surface area (Å²) in [5.74, 6) is 1.41. The molecular weight excluding hydrogens is 318 g/mol. The van der Waals surface area contributed by atoms with E-state index in [0.29, 0.717) is 36.9 Å². The van der Waals surface area contributed by atoms with Crippen LogP contribution in [0.4, 0.5) is 5.82 Å². The van der Waals surface area contributed by atoms with Crippen molar-refractivity contribution in [3.63, 3.8) is 0 Å². The van der Waals surface area contributed by atoms with Crippen LogP contribution in [-0.2, 0) is 14.9 Å². The fourth-order valence-electron chi connectivity index (χ4n) is 1.93. The number of hydroxylamine groups is 1. The Morgan fingerprint density at radius 3 is 2.74 bits per heavy atom. The molecule has 1 aromatic heterocycles. The molecule has 8 nitrogen and oxygen atoms in total. The summed E-state index contributed by atoms with van der Waals surface area (Å²) in [6, 6.07) is 1.77. The van der Waals surface area contributed by atoms with Crippen molar-refractivity contribution in [3.05, 3.63) is 23.8 Å². The lowest BCUT2D eigenvalue weighted by Gasteiger charge is -2.19. The number of rotatable bonds is 10. The minimum Gasteiger partial charge on any atom is -0.414 e. The molecule has 0 saturated heterocycles. The van der Waals surface area contributed by atoms with Crippen molar-refractivity contribution in [2.24, 2.45) is 0 Å². The van der Waals surface area contributed by atoms with Crippen molar-refractivity contribution in [1.29, 1.82) is 0 Å². The van der Waals surface area contributed by atoms with Gasteiger partial charge >= 0.3 is 0 Å². The lowest BCUT2D eigenvalue weighted by molar-refractivity contribution is 0.131. The van der Waals surface area contributed by atoms with Gasteiger partial charge in [-0.05, 0) is 13.8 Å². The molecule has 0 spiro atoms. The lowest BCUT2D eigenvalue weighted by atomic mass is 10.3. The molecule has 23 heavy (non-hydrogen) atoms. The fourth-order valence-corrected chi connectivity index (χ4v) is 3.06. The number of nitrogens with one attached hydrogen (secondary N) is 2. The minimum absolute atomic E-state index is 0.105. The molecule has 2 N–H and O–H groups in total. The second-order valence-electron chi connectivity index (χ2n) is 4.71. The molecular formula is C14H25N5O3S. The summed E-state index contributed by atoms with van der Waals surface area (Å²) in [5, 5.41) is 3.11. The maximum Gasteiger partial charge on any atom is 0.213 e. The summed E-state index contributed by atoms with van der Waals surface area (Å²) in [6.45, 7) is 6.59. The van der Waals surface area contributed by atoms with Gasteiger partial charge in [0.1, 0.15) is 17.9 Å². The van der Waals surface area contributed by atoms with Gasteiger partial charge in [-0.2, -0.15) is 5.48 Å². The van der Waals surface area contributed by atoms with Crippen LogP contribution in [0.1, 0.15) is 26.5 Å². The van der Waals surface area contributed by atoms with Crippen LogP contribution in [0.3, 0.4) is 0 Å². The van der Waals surface area contributed by atoms with Crippen molar-refractivity contribution in [2.45, 2.75) is 20.8 Å². The van der Waals surface area contributed by atoms with Gasteiger partial charge in [-0.25, -0.2) is 22.7 Å². The zero-order chi connectivity index (χ0) is 17.3. The van der Waals surface area contributed by atoms with E-state index in [4.69, 9.17) is 4.84 Å². The second kappa shape index (κ2) is 9.43. The van der Waals surface area contributed by atoms with Crippen LogP contribution in [0.5, 0.6) is 0 Å². The summed E-state index contributed by atoms with van der Waals surface area (Å²) in [5.41, 5.74) is 3.28. The van der Waals surface area contributed by atoms with E-state index in [1.807, 2.05) is 6.92 Å². The summed E-state index contributed by atoms with van der Waals surface area (Å²) < 4.78 is 25.2. The zero-order valence-electron chi connectivity index (χ0n) is 14.0. The standard InChI is InChI=1S/C14H25N5O3S/c1-5-19(23(20,21)6-2)8-7-16-14-10-13(17-11-18-14)9-12(3)22-15-4/h9-11,15H,5-8H2,1-4H3,(H,16,17,18)/b12-9+. The van der Waals surface area contributed by atoms with E-state index < -0.39 is 10.0 Å². The maximum absolute atomic E-state index is 11.9. The third kappa shape index (κ3) is 6.51. The van der Waals surface area contributed by atoms with E-state index in [1.54, 1.807) is 33.0 Å². The highest BCUT2D eigenvalue weighted by molar-refractivity contribution is 7.89. The second-order valence-corrected chi connectivity index (χ2v) is 6.97. The van der Waals surface area contributed by atoms with Crippen LogP contribution in [0.15, 0.2) is 18.2 Å². The Kier molecular flexibility index (Phi) is 7.93. The Balaban J connectivity index is 2.63. The molecule has 0 aromatic carbocycles. The van der Waals surface area contributed by atoms with Gasteiger partial charge in [0.2, 0.25) is 10.0 Å². The molecule has 0 aliphatic heterocycles. The molecule has 1 rings (SSSR count). The highest BCUT2D eigenvalue weighted by atomic mass is 32.2. The first-order valence-corrected chi connectivity index (χ1v) is 9.09. The molecule has 1 heterocycles. The number of aromatic nitrogens is 2. The highest BCUT2D eigenvalue weighted by Crippen LogP contribution is 2.08. The zero-order valence-corrected chi connectivity index (χ0v) is 14.9. The van der Waals surface area contributed by atoms with Crippen LogP contribution >= 0.6 is 0 Å². The predicted molar refractivity (Wildman–Crippen MR) is 91.0 cm³/mol. The van der Waals surface area contributed by atoms with Crippen LogP contribution in [0, 0.1) is 0 Å². The van der Waals surface area contributed by atoms with E-state index in [1.165, 1.54) is 10.6 Å². The maximum atomic E-state index is 11.9. The summed E-state index contributed by atoms with van der Waals surface area (Å²) >= 11 is 0. The smallest absolute Gasteiger partial charge is 0.213 e. The fraction of sp³-hybridized carbons (Fsp3) is 0.571. The third-order valence-electron chi connectivity index (χ3n) is 3.08. The molecule has 9 heteroatoms. The summed E-state index contributed by atoms with van der Waals surface area (Å²) in [6.07, 6.45) is 3.21. The number of sulfonamides is 1. The summed E-state index contributed by atoms with van der Waals surface area (Å²) in [4.78, 5) is 13.4. The van der Waals surface area contributed by atoms with Crippen molar-refractivity contribution in [1.82, 2.24) is 19.8 Å². The van der Waals surface area contributed by atoms with Gasteiger partial charge in [-0.1, -0.05) is 6.92 Å². The van der Waals surface area contributed by atoms with Gasteiger partial charge in [-0.15, -0.1) is 0 Å². The number of hydrogen-bond donors (Lipinski definition) is 2. The van der Waals surface area contributed by atoms with Crippen molar-refractivity contribution in [2.75, 3.05) is 37.8 Å². The Morgan fingerprint density at radius 2 is 2.13 bits per heavy atom. The first-order valence-electron chi connectivity index (χ1n) is 7.48. The number of likely N-dealkylation sites (N-methyl/N-ethyl adjacent to an activating group) is 1. The largest absolute Gasteiger partial charge is 0.414 e. The van der Waals surface area contributed by atoms with Crippen LogP contribution in [-0.4, -0.2) is 55.1 Å². The van der Waals surface area contributed by atoms with E-state index in [2.05, 4.69) is 20.8 Å². The average Bonchev–Trinajstić information content (AvgIpc) is 2.52. The van der Waals surface area contributed by atoms with Gasteiger partial charge in [0.25, 0.3) is 0 Å². The minimum atomic E-state index is -3.17. The number of hydrogen-bond acceptors (Lipinski definition) is 7. The topological polar surface area (TPSA) is 96.4 Å². The molecule has 0 radical (unpaired) electrons. The van der Waals surface area contributed by atoms with Crippen molar-refractivity contribution >= 4 is 21.9 Å². The molecule has 0 atom stereocenters. The normalized spacial score (nSPS) is 12.5. The molecule has 0 unspecified atom stereocenters. The van der Waals surface area contributed by atoms with Gasteiger partial charge in [0, 0.05) is 38.8 Å². The molecule has 0 aliphatic rings. The molecule has 0 aliphatic carbocycles. The van der Waals surface area contributed by atoms with Crippen molar-refractivity contribution < 1.29 is 13.3 Å². The lowest BCUT2D eigenvalue weighted by Crippen LogP contribution is -2.35. The van der Waals surface area contributed by atoms with Gasteiger partial charge in [0.05, 0.1) is 11.4 Å². The Morgan fingerprint density at radius 1 is 1.39 bits per heavy atom. The van der Waals surface area contributed by atoms with E-state index in [9.17, 15) is 8.42 Å². The number of allylic oxidation sites excluding steroid dienone is 1. The SMILES string of the molecule is CCN(CCNc1cc(/C=C(\C)ONC)ncn1)S(=O)(=O)CC. The number of nitrogens with zero attached hydrogens (tertiary/aromatic N) is 3. The molecule has 0 saturated carbocycles. The van der Waals surface area contributed by atoms with E-state index >= 15 is 0 Å². The Labute approximate surface area is 138 Å². The predicted octanol–water partition coefficient (Wildman–Crippen LogP) is 1.07.